The molecule has 2 aromatic carbocycles. The van der Waals surface area contributed by atoms with Crippen molar-refractivity contribution < 1.29 is 27.5 Å². The number of nitrogens with one attached hydrogen (secondary N) is 1. The fourth-order valence-electron chi connectivity index (χ4n) is 3.34. The molecule has 0 aromatic heterocycles. The summed E-state index contributed by atoms with van der Waals surface area (Å²) in [4.78, 5) is 23.5. The first-order chi connectivity index (χ1) is 14.6. The van der Waals surface area contributed by atoms with E-state index in [-0.39, 0.29) is 25.2 Å². The third kappa shape index (κ3) is 6.11. The van der Waals surface area contributed by atoms with Gasteiger partial charge >= 0.3 is 5.97 Å². The molecule has 0 aliphatic carbocycles. The highest BCUT2D eigenvalue weighted by atomic mass is 32.2. The molecule has 0 spiro atoms. The molecule has 0 unspecified atom stereocenters. The van der Waals surface area contributed by atoms with E-state index in [1.165, 1.54) is 17.1 Å². The summed E-state index contributed by atoms with van der Waals surface area (Å²) in [5.41, 5.74) is 2.27. The zero-order valence-electron chi connectivity index (χ0n) is 16.8. The Morgan fingerprint density at radius 1 is 1.19 bits per heavy atom. The molecule has 8 nitrogen and oxygen atoms in total. The average Bonchev–Trinajstić information content (AvgIpc) is 3.13. The Morgan fingerprint density at radius 3 is 2.55 bits per heavy atom. The van der Waals surface area contributed by atoms with Gasteiger partial charge in [0.15, 0.2) is 0 Å². The Balaban J connectivity index is 1.89. The van der Waals surface area contributed by atoms with Crippen molar-refractivity contribution in [3.63, 3.8) is 0 Å². The molecule has 0 radical (unpaired) electrons. The minimum Gasteiger partial charge on any atom is -0.481 e. The molecule has 164 valence electrons. The van der Waals surface area contributed by atoms with E-state index in [1.807, 2.05) is 0 Å². The van der Waals surface area contributed by atoms with Gasteiger partial charge in [0.05, 0.1) is 18.0 Å². The Bertz CT molecular complexity index is 1120. The van der Waals surface area contributed by atoms with Gasteiger partial charge in [0, 0.05) is 24.9 Å². The number of amides is 1. The van der Waals surface area contributed by atoms with Crippen LogP contribution in [-0.4, -0.2) is 42.4 Å². The summed E-state index contributed by atoms with van der Waals surface area (Å²) < 4.78 is 38.8. The number of benzene rings is 2. The molecule has 1 atom stereocenters. The van der Waals surface area contributed by atoms with Gasteiger partial charge in [-0.2, -0.15) is 5.10 Å². The molecule has 1 aliphatic heterocycles. The minimum atomic E-state index is -3.45. The topological polar surface area (TPSA) is 116 Å². The Kier molecular flexibility index (Phi) is 6.69. The van der Waals surface area contributed by atoms with Gasteiger partial charge in [-0.05, 0) is 41.8 Å². The average molecular weight is 447 g/mol. The molecular formula is C21H22FN3O5S. The van der Waals surface area contributed by atoms with Crippen molar-refractivity contribution in [1.29, 1.82) is 0 Å². The summed E-state index contributed by atoms with van der Waals surface area (Å²) in [6.07, 6.45) is 1.46. The fourth-order valence-corrected chi connectivity index (χ4v) is 3.90. The van der Waals surface area contributed by atoms with Gasteiger partial charge in [0.1, 0.15) is 5.82 Å². The number of anilines is 1. The molecular weight excluding hydrogens is 425 g/mol. The van der Waals surface area contributed by atoms with Crippen LogP contribution in [-0.2, 0) is 19.6 Å². The molecule has 1 amide bonds. The monoisotopic (exact) mass is 447 g/mol. The van der Waals surface area contributed by atoms with Crippen LogP contribution in [0.15, 0.2) is 53.6 Å². The van der Waals surface area contributed by atoms with Gasteiger partial charge < -0.3 is 5.11 Å². The SMILES string of the molecule is CS(=O)(=O)Nc1cccc(C2=NN(C(=O)CCCC(=O)O)[C@H](c3ccc(F)cc3)C2)c1. The number of hydrogen-bond acceptors (Lipinski definition) is 5. The first-order valence-electron chi connectivity index (χ1n) is 9.57. The number of carbonyl (C=O) groups excluding carboxylic acids is 1. The van der Waals surface area contributed by atoms with E-state index in [9.17, 15) is 22.4 Å². The van der Waals surface area contributed by atoms with Crippen LogP contribution in [0.5, 0.6) is 0 Å². The third-order valence-corrected chi connectivity index (χ3v) is 5.31. The lowest BCUT2D eigenvalue weighted by molar-refractivity contribution is -0.137. The number of hydrazone groups is 1. The first kappa shape index (κ1) is 22.4. The van der Waals surface area contributed by atoms with Crippen LogP contribution >= 0.6 is 0 Å². The maximum Gasteiger partial charge on any atom is 0.303 e. The number of sulfonamides is 1. The van der Waals surface area contributed by atoms with E-state index < -0.39 is 27.9 Å². The van der Waals surface area contributed by atoms with Crippen molar-refractivity contribution in [1.82, 2.24) is 5.01 Å². The fraction of sp³-hybridized carbons (Fsp3) is 0.286. The summed E-state index contributed by atoms with van der Waals surface area (Å²) >= 11 is 0. The van der Waals surface area contributed by atoms with E-state index in [0.29, 0.717) is 28.9 Å². The van der Waals surface area contributed by atoms with E-state index in [2.05, 4.69) is 9.82 Å². The Morgan fingerprint density at radius 2 is 1.90 bits per heavy atom. The van der Waals surface area contributed by atoms with E-state index in [0.717, 1.165) is 6.26 Å². The van der Waals surface area contributed by atoms with Crippen molar-refractivity contribution in [2.75, 3.05) is 11.0 Å². The summed E-state index contributed by atoms with van der Waals surface area (Å²) in [7, 11) is -3.45. The highest BCUT2D eigenvalue weighted by molar-refractivity contribution is 7.92. The molecule has 1 aliphatic rings. The summed E-state index contributed by atoms with van der Waals surface area (Å²) in [6.45, 7) is 0. The van der Waals surface area contributed by atoms with Gasteiger partial charge in [-0.1, -0.05) is 24.3 Å². The lowest BCUT2D eigenvalue weighted by Crippen LogP contribution is -2.27. The highest BCUT2D eigenvalue weighted by Gasteiger charge is 2.33. The van der Waals surface area contributed by atoms with Gasteiger partial charge in [-0.3, -0.25) is 14.3 Å². The quantitative estimate of drug-likeness (QED) is 0.645. The van der Waals surface area contributed by atoms with Crippen LogP contribution < -0.4 is 4.72 Å². The van der Waals surface area contributed by atoms with E-state index >= 15 is 0 Å². The molecule has 2 aromatic rings. The van der Waals surface area contributed by atoms with Gasteiger partial charge in [-0.25, -0.2) is 17.8 Å². The van der Waals surface area contributed by atoms with Gasteiger partial charge in [-0.15, -0.1) is 0 Å². The second kappa shape index (κ2) is 9.25. The van der Waals surface area contributed by atoms with Crippen molar-refractivity contribution in [2.45, 2.75) is 31.7 Å². The van der Waals surface area contributed by atoms with Crippen LogP contribution in [0.3, 0.4) is 0 Å². The number of carbonyl (C=O) groups is 2. The van der Waals surface area contributed by atoms with Crippen LogP contribution in [0.4, 0.5) is 10.1 Å². The maximum absolute atomic E-state index is 13.4. The minimum absolute atomic E-state index is 0.0104. The zero-order chi connectivity index (χ0) is 22.6. The number of carboxylic acids is 1. The predicted octanol–water partition coefficient (Wildman–Crippen LogP) is 3.13. The molecule has 0 saturated carbocycles. The number of nitrogens with zero attached hydrogens (tertiary/aromatic N) is 2. The van der Waals surface area contributed by atoms with Crippen molar-refractivity contribution >= 4 is 33.3 Å². The molecule has 10 heteroatoms. The van der Waals surface area contributed by atoms with Crippen LogP contribution in [0.2, 0.25) is 0 Å². The van der Waals surface area contributed by atoms with E-state index in [1.54, 1.807) is 36.4 Å². The van der Waals surface area contributed by atoms with Gasteiger partial charge in [0.2, 0.25) is 15.9 Å². The summed E-state index contributed by atoms with van der Waals surface area (Å²) in [6, 6.07) is 12.0. The molecule has 31 heavy (non-hydrogen) atoms. The smallest absolute Gasteiger partial charge is 0.303 e. The molecule has 2 N–H and O–H groups in total. The second-order valence-electron chi connectivity index (χ2n) is 7.26. The lowest BCUT2D eigenvalue weighted by atomic mass is 9.98. The van der Waals surface area contributed by atoms with Crippen molar-refractivity contribution in [3.8, 4) is 0 Å². The number of aliphatic carboxylic acids is 1. The number of halogens is 1. The second-order valence-corrected chi connectivity index (χ2v) is 9.01. The maximum atomic E-state index is 13.4. The standard InChI is InChI=1S/C21H22FN3O5S/c1-31(29,30)24-17-5-2-4-15(12-17)18-13-19(14-8-10-16(22)11-9-14)25(23-18)20(26)6-3-7-21(27)28/h2,4-5,8-12,19,24H,3,6-7,13H2,1H3,(H,27,28)/t19-/m0/s1. The van der Waals surface area contributed by atoms with Crippen molar-refractivity contribution in [2.24, 2.45) is 5.10 Å². The third-order valence-electron chi connectivity index (χ3n) is 4.70. The summed E-state index contributed by atoms with van der Waals surface area (Å²) in [5, 5.41) is 14.6. The zero-order valence-corrected chi connectivity index (χ0v) is 17.6. The highest BCUT2D eigenvalue weighted by Crippen LogP contribution is 2.34. The van der Waals surface area contributed by atoms with E-state index in [4.69, 9.17) is 5.11 Å². The number of rotatable bonds is 8. The largest absolute Gasteiger partial charge is 0.481 e. The normalized spacial score (nSPS) is 16.1. The molecule has 0 saturated heterocycles. The molecule has 1 heterocycles. The van der Waals surface area contributed by atoms with Crippen molar-refractivity contribution in [3.05, 3.63) is 65.5 Å². The van der Waals surface area contributed by atoms with Crippen LogP contribution in [0.1, 0.15) is 42.9 Å². The van der Waals surface area contributed by atoms with Gasteiger partial charge in [0.25, 0.3) is 0 Å². The van der Waals surface area contributed by atoms with Crippen LogP contribution in [0.25, 0.3) is 0 Å². The molecule has 0 fully saturated rings. The number of hydrogen-bond donors (Lipinski definition) is 2. The first-order valence-corrected chi connectivity index (χ1v) is 11.5. The predicted molar refractivity (Wildman–Crippen MR) is 114 cm³/mol. The van der Waals surface area contributed by atoms with Crippen LogP contribution in [0, 0.1) is 5.82 Å². The lowest BCUT2D eigenvalue weighted by Gasteiger charge is -2.22. The Hall–Kier alpha value is -3.27. The summed E-state index contributed by atoms with van der Waals surface area (Å²) in [5.74, 6) is -1.72. The Labute approximate surface area is 179 Å². The number of carboxylic acid groups (broad SMARTS) is 1. The molecule has 0 bridgehead atoms. The molecule has 3 rings (SSSR count).